The van der Waals surface area contributed by atoms with E-state index in [1.165, 1.54) is 0 Å². The second-order valence-corrected chi connectivity index (χ2v) is 31.0. The molecule has 3 aromatic heterocycles. The molecule has 0 saturated heterocycles. The van der Waals surface area contributed by atoms with E-state index in [2.05, 4.69) is 243 Å². The van der Waals surface area contributed by atoms with Gasteiger partial charge in [0.25, 0.3) is 0 Å². The van der Waals surface area contributed by atoms with E-state index in [9.17, 15) is 0 Å². The van der Waals surface area contributed by atoms with Gasteiger partial charge in [-0.05, 0) is 146 Å². The van der Waals surface area contributed by atoms with Crippen molar-refractivity contribution < 1.29 is 17.1 Å². The Bertz CT molecular complexity index is 4910. The minimum Gasteiger partial charge on any atom is -0.357 e. The number of hydrogen-bond donors (Lipinski definition) is 0. The molecular formula is C80H48CuN8S8. The first-order valence-electron chi connectivity index (χ1n) is 30.8. The van der Waals surface area contributed by atoms with Crippen molar-refractivity contribution in [1.29, 1.82) is 0 Å². The van der Waals surface area contributed by atoms with E-state index >= 15 is 0 Å². The number of hydrogen-bond acceptors (Lipinski definition) is 14. The normalized spacial score (nSPS) is 11.5. The minimum atomic E-state index is 0. The molecule has 0 atom stereocenters. The Balaban J connectivity index is 0.00000738. The van der Waals surface area contributed by atoms with Crippen LogP contribution in [0, 0.1) is 0 Å². The molecule has 0 N–H and O–H groups in total. The van der Waals surface area contributed by atoms with E-state index in [4.69, 9.17) is 39.9 Å². The molecule has 2 aliphatic heterocycles. The molecule has 17 rings (SSSR count). The van der Waals surface area contributed by atoms with E-state index in [0.29, 0.717) is 45.9 Å². The van der Waals surface area contributed by atoms with Gasteiger partial charge in [-0.1, -0.05) is 240 Å². The summed E-state index contributed by atoms with van der Waals surface area (Å²) >= 11 is 13.4. The summed E-state index contributed by atoms with van der Waals surface area (Å²) in [6.07, 6.45) is 0. The Hall–Kier alpha value is -8.68. The second kappa shape index (κ2) is 28.4. The van der Waals surface area contributed by atoms with Crippen LogP contribution in [0.3, 0.4) is 0 Å². The number of aromatic nitrogens is 8. The van der Waals surface area contributed by atoms with E-state index in [-0.39, 0.29) is 17.1 Å². The van der Waals surface area contributed by atoms with Gasteiger partial charge in [0.05, 0.1) is 23.3 Å². The zero-order chi connectivity index (χ0) is 63.7. The third-order valence-electron chi connectivity index (χ3n) is 15.8. The van der Waals surface area contributed by atoms with E-state index in [0.717, 1.165) is 122 Å². The van der Waals surface area contributed by atoms with E-state index < -0.39 is 0 Å². The number of rotatable bonds is 16. The van der Waals surface area contributed by atoms with E-state index in [1.807, 2.05) is 48.5 Å². The average Bonchev–Trinajstić information content (AvgIpc) is 1.60. The van der Waals surface area contributed by atoms with Gasteiger partial charge < -0.3 is 29.9 Å². The summed E-state index contributed by atoms with van der Waals surface area (Å²) in [6.45, 7) is 0. The molecule has 467 valence electrons. The summed E-state index contributed by atoms with van der Waals surface area (Å²) in [5, 5.41) is 3.36. The molecule has 97 heavy (non-hydrogen) atoms. The van der Waals surface area contributed by atoms with Gasteiger partial charge in [-0.3, -0.25) is 0 Å². The Morgan fingerprint density at radius 2 is 0.330 bits per heavy atom. The predicted octanol–water partition coefficient (Wildman–Crippen LogP) is 23.3. The van der Waals surface area contributed by atoms with Gasteiger partial charge in [-0.25, -0.2) is 9.97 Å². The molecular weight excluding hydrogens is 1390 g/mol. The molecule has 17 heteroatoms. The molecule has 5 heterocycles. The SMILES string of the molecule is [Cu+2].c1ccc(Sc2ccc(Sc3ccccc3)c3c2-c2nc-3nc3[n-]c(nc4nc(nc5[n-]c(n2)c2c(Sc6ccccc6)ccc(Sc6ccccc6)c52)-c2c(Sc5ccccc5)ccc(Sc5ccccc5)c2-4)c2c(Sc4ccccc4)ccc(Sc4ccccc4)c32)cc1. The number of nitrogens with zero attached hydrogens (tertiary/aromatic N) is 8. The minimum absolute atomic E-state index is 0. The van der Waals surface area contributed by atoms with Crippen LogP contribution in [0.2, 0.25) is 0 Å². The smallest absolute Gasteiger partial charge is 0.357 e. The van der Waals surface area contributed by atoms with Crippen LogP contribution >= 0.6 is 94.1 Å². The fraction of sp³-hybridized carbons (Fsp3) is 0. The Morgan fingerprint density at radius 1 is 0.175 bits per heavy atom. The largest absolute Gasteiger partial charge is 2.00 e. The summed E-state index contributed by atoms with van der Waals surface area (Å²) in [5.74, 6) is 1.87. The van der Waals surface area contributed by atoms with Crippen LogP contribution in [0.4, 0.5) is 0 Å². The molecule has 8 bridgehead atoms. The molecule has 1 radical (unpaired) electrons. The third kappa shape index (κ3) is 13.2. The molecule has 0 fully saturated rings. The van der Waals surface area contributed by atoms with Crippen molar-refractivity contribution in [3.05, 3.63) is 291 Å². The molecule has 2 aliphatic rings. The Kier molecular flexibility index (Phi) is 18.5. The molecule has 15 aromatic rings. The maximum Gasteiger partial charge on any atom is 2.00 e. The zero-order valence-electron chi connectivity index (χ0n) is 50.9. The van der Waals surface area contributed by atoms with Crippen LogP contribution in [-0.4, -0.2) is 29.9 Å². The summed E-state index contributed by atoms with van der Waals surface area (Å²) in [7, 11) is 0. The van der Waals surface area contributed by atoms with E-state index in [1.54, 1.807) is 94.1 Å². The third-order valence-corrected chi connectivity index (χ3v) is 24.3. The molecule has 0 amide bonds. The van der Waals surface area contributed by atoms with Gasteiger partial charge in [0.15, 0.2) is 0 Å². The fourth-order valence-corrected chi connectivity index (χ4v) is 19.4. The van der Waals surface area contributed by atoms with Crippen molar-refractivity contribution in [3.63, 3.8) is 0 Å². The van der Waals surface area contributed by atoms with Gasteiger partial charge >= 0.3 is 17.1 Å². The predicted molar refractivity (Wildman–Crippen MR) is 399 cm³/mol. The van der Waals surface area contributed by atoms with Gasteiger partial charge in [0.1, 0.15) is 0 Å². The standard InChI is InChI=1S/C80H48N8S8.Cu/c1-9-25-49(26-10-1)89-57-41-42-58(90-50-27-11-2-12-28-50)66-65(57)73-81-74(66)86-76-69-61(93-53-33-17-5-18-34-53)45-46-62(94-54-35-19-6-20-36-54)70(69)78(83-76)88-80-72-64(96-56-39-23-8-24-40-56)48-47-63(95-55-37-21-7-22-38-55)71(72)79(84-80)87-77-68-60(92-52-31-15-4-16-32-52)44-43-59(67(68)75(82-77)85-73)91-51-29-13-3-14-30-51;/h1-48H;/q-2;+2. The Morgan fingerprint density at radius 3 is 0.505 bits per heavy atom. The Labute approximate surface area is 604 Å². The fourth-order valence-electron chi connectivity index (χ4n) is 11.5. The molecule has 8 nitrogen and oxygen atoms in total. The van der Waals surface area contributed by atoms with Crippen LogP contribution in [0.5, 0.6) is 0 Å². The zero-order valence-corrected chi connectivity index (χ0v) is 58.3. The van der Waals surface area contributed by atoms with Crippen molar-refractivity contribution in [3.8, 4) is 45.6 Å². The van der Waals surface area contributed by atoms with Crippen molar-refractivity contribution in [1.82, 2.24) is 39.9 Å². The molecule has 0 spiro atoms. The summed E-state index contributed by atoms with van der Waals surface area (Å²) in [5.41, 5.74) is 5.24. The molecule has 0 saturated carbocycles. The average molecular weight is 1440 g/mol. The van der Waals surface area contributed by atoms with Crippen LogP contribution in [0.25, 0.3) is 89.7 Å². The summed E-state index contributed by atoms with van der Waals surface area (Å²) in [4.78, 5) is 62.6. The van der Waals surface area contributed by atoms with Crippen LogP contribution in [-0.2, 0) is 17.1 Å². The van der Waals surface area contributed by atoms with Crippen molar-refractivity contribution in [2.24, 2.45) is 0 Å². The first kappa shape index (κ1) is 63.1. The maximum absolute atomic E-state index is 5.86. The maximum atomic E-state index is 5.86. The van der Waals surface area contributed by atoms with Crippen LogP contribution < -0.4 is 9.97 Å². The van der Waals surface area contributed by atoms with Crippen molar-refractivity contribution >= 4 is 138 Å². The summed E-state index contributed by atoms with van der Waals surface area (Å²) < 4.78 is 0. The van der Waals surface area contributed by atoms with Gasteiger partial charge in [0, 0.05) is 145 Å². The topological polar surface area (TPSA) is 106 Å². The van der Waals surface area contributed by atoms with Crippen molar-refractivity contribution in [2.45, 2.75) is 78.3 Å². The number of benzene rings is 12. The second-order valence-electron chi connectivity index (χ2n) is 22.1. The van der Waals surface area contributed by atoms with Gasteiger partial charge in [-0.2, -0.15) is 0 Å². The van der Waals surface area contributed by atoms with Crippen LogP contribution in [0.1, 0.15) is 0 Å². The molecule has 0 aliphatic carbocycles. The quantitative estimate of drug-likeness (QED) is 0.0856. The molecule has 0 unspecified atom stereocenters. The van der Waals surface area contributed by atoms with Crippen LogP contribution in [0.15, 0.2) is 370 Å². The molecule has 12 aromatic carbocycles. The van der Waals surface area contributed by atoms with Crippen molar-refractivity contribution in [2.75, 3.05) is 0 Å². The van der Waals surface area contributed by atoms with Gasteiger partial charge in [0.2, 0.25) is 0 Å². The first-order chi connectivity index (χ1) is 47.5. The number of fused-ring (bicyclic) bond motifs is 20. The first-order valence-corrected chi connectivity index (χ1v) is 37.3. The van der Waals surface area contributed by atoms with Gasteiger partial charge in [-0.15, -0.1) is 0 Å². The summed E-state index contributed by atoms with van der Waals surface area (Å²) in [6, 6.07) is 102. The monoisotopic (exact) mass is 1440 g/mol.